The number of carboxylic acids is 1. The predicted octanol–water partition coefficient (Wildman–Crippen LogP) is -1.08. The van der Waals surface area contributed by atoms with Crippen LogP contribution in [0.2, 0.25) is 0 Å². The van der Waals surface area contributed by atoms with Gasteiger partial charge in [0.25, 0.3) is 0 Å². The molecule has 12 heteroatoms. The standard InChI is InChI=1S/C13H21N5O5.C2H5NO/c1-7(19)9(10(20)21)17-12(22)15-6-8-16-11(18-23-8)13(14)4-2-3-5-13;1-2(3)4/h7,9,19H,2-6,14H2,1H3,(H,20,21)(H2,15,17,22);1H3,(H2,3,4). The Bertz CT molecular complexity index is 651. The summed E-state index contributed by atoms with van der Waals surface area (Å²) in [6, 6.07) is -2.17. The number of aliphatic carboxylic acids is 1. The van der Waals surface area contributed by atoms with Crippen molar-refractivity contribution in [3.63, 3.8) is 0 Å². The molecule has 2 unspecified atom stereocenters. The maximum Gasteiger partial charge on any atom is 0.328 e. The number of nitrogens with zero attached hydrogens (tertiary/aromatic N) is 2. The highest BCUT2D eigenvalue weighted by Crippen LogP contribution is 2.34. The summed E-state index contributed by atoms with van der Waals surface area (Å²) in [6.07, 6.45) is 2.37. The largest absolute Gasteiger partial charge is 0.480 e. The maximum atomic E-state index is 11.7. The summed E-state index contributed by atoms with van der Waals surface area (Å²) in [7, 11) is 0. The van der Waals surface area contributed by atoms with Crippen LogP contribution in [0.15, 0.2) is 4.52 Å². The van der Waals surface area contributed by atoms with Crippen molar-refractivity contribution in [2.45, 2.75) is 63.8 Å². The lowest BCUT2D eigenvalue weighted by Gasteiger charge is -2.17. The smallest absolute Gasteiger partial charge is 0.328 e. The van der Waals surface area contributed by atoms with E-state index >= 15 is 0 Å². The Morgan fingerprint density at radius 1 is 1.33 bits per heavy atom. The number of aromatic nitrogens is 2. The third-order valence-corrected chi connectivity index (χ3v) is 3.84. The summed E-state index contributed by atoms with van der Waals surface area (Å²) < 4.78 is 5.04. The van der Waals surface area contributed by atoms with Crippen LogP contribution in [0.1, 0.15) is 51.2 Å². The van der Waals surface area contributed by atoms with Gasteiger partial charge in [-0.05, 0) is 19.8 Å². The summed E-state index contributed by atoms with van der Waals surface area (Å²) in [5.74, 6) is -1.07. The van der Waals surface area contributed by atoms with Crippen LogP contribution in [-0.2, 0) is 21.7 Å². The molecule has 1 aliphatic carbocycles. The predicted molar refractivity (Wildman–Crippen MR) is 92.0 cm³/mol. The number of aliphatic hydroxyl groups excluding tert-OH is 1. The van der Waals surface area contributed by atoms with Crippen LogP contribution in [0.25, 0.3) is 0 Å². The molecule has 2 atom stereocenters. The second-order valence-electron chi connectivity index (χ2n) is 6.37. The summed E-state index contributed by atoms with van der Waals surface area (Å²) >= 11 is 0. The second-order valence-corrected chi connectivity index (χ2v) is 6.37. The van der Waals surface area contributed by atoms with Crippen molar-refractivity contribution < 1.29 is 29.1 Å². The van der Waals surface area contributed by atoms with Gasteiger partial charge in [-0.15, -0.1) is 0 Å². The molecule has 1 aromatic rings. The van der Waals surface area contributed by atoms with E-state index < -0.39 is 29.7 Å². The molecule has 1 aliphatic rings. The van der Waals surface area contributed by atoms with Crippen molar-refractivity contribution in [2.75, 3.05) is 0 Å². The third-order valence-electron chi connectivity index (χ3n) is 3.84. The number of carbonyl (C=O) groups excluding carboxylic acids is 2. The number of amides is 3. The third kappa shape index (κ3) is 7.19. The van der Waals surface area contributed by atoms with Crippen LogP contribution in [0, 0.1) is 0 Å². The molecule has 1 aromatic heterocycles. The topological polar surface area (TPSA) is 207 Å². The van der Waals surface area contributed by atoms with Gasteiger partial charge in [-0.1, -0.05) is 18.0 Å². The van der Waals surface area contributed by atoms with Gasteiger partial charge in [-0.3, -0.25) is 4.79 Å². The van der Waals surface area contributed by atoms with E-state index in [2.05, 4.69) is 26.5 Å². The zero-order valence-electron chi connectivity index (χ0n) is 15.3. The van der Waals surface area contributed by atoms with Gasteiger partial charge in [-0.2, -0.15) is 4.98 Å². The molecular weight excluding hydrogens is 360 g/mol. The monoisotopic (exact) mass is 386 g/mol. The number of rotatable bonds is 6. The lowest BCUT2D eigenvalue weighted by molar-refractivity contribution is -0.141. The average Bonchev–Trinajstić information content (AvgIpc) is 3.19. The van der Waals surface area contributed by atoms with Crippen molar-refractivity contribution in [1.29, 1.82) is 0 Å². The number of hydrogen-bond acceptors (Lipinski definition) is 8. The van der Waals surface area contributed by atoms with Gasteiger partial charge in [0.1, 0.15) is 0 Å². The molecular formula is C15H26N6O6. The maximum absolute atomic E-state index is 11.7. The Balaban J connectivity index is 0.000000828. The summed E-state index contributed by atoms with van der Waals surface area (Å²) in [5, 5.41) is 26.5. The van der Waals surface area contributed by atoms with E-state index in [-0.39, 0.29) is 18.3 Å². The van der Waals surface area contributed by atoms with Crippen LogP contribution >= 0.6 is 0 Å². The van der Waals surface area contributed by atoms with Crippen LogP contribution < -0.4 is 22.1 Å². The Labute approximate surface area is 155 Å². The first-order chi connectivity index (χ1) is 12.5. The first-order valence-corrected chi connectivity index (χ1v) is 8.38. The normalized spacial score (nSPS) is 17.2. The average molecular weight is 386 g/mol. The van der Waals surface area contributed by atoms with Crippen molar-refractivity contribution in [3.05, 3.63) is 11.7 Å². The molecule has 0 radical (unpaired) electrons. The van der Waals surface area contributed by atoms with Gasteiger partial charge in [0.15, 0.2) is 11.9 Å². The van der Waals surface area contributed by atoms with Crippen molar-refractivity contribution in [2.24, 2.45) is 11.5 Å². The minimum Gasteiger partial charge on any atom is -0.480 e. The molecule has 152 valence electrons. The number of hydrogen-bond donors (Lipinski definition) is 6. The van der Waals surface area contributed by atoms with E-state index in [1.807, 2.05) is 0 Å². The van der Waals surface area contributed by atoms with E-state index in [1.165, 1.54) is 13.8 Å². The highest BCUT2D eigenvalue weighted by Gasteiger charge is 2.36. The molecule has 1 fully saturated rings. The molecule has 8 N–H and O–H groups in total. The summed E-state index contributed by atoms with van der Waals surface area (Å²) in [5.41, 5.74) is 10.1. The Hall–Kier alpha value is -2.73. The number of aliphatic hydroxyl groups is 1. The van der Waals surface area contributed by atoms with Crippen LogP contribution in [0.4, 0.5) is 4.79 Å². The van der Waals surface area contributed by atoms with Gasteiger partial charge < -0.3 is 36.8 Å². The van der Waals surface area contributed by atoms with E-state index in [4.69, 9.17) is 15.4 Å². The lowest BCUT2D eigenvalue weighted by atomic mass is 9.99. The number of primary amides is 1. The zero-order valence-corrected chi connectivity index (χ0v) is 15.3. The Morgan fingerprint density at radius 3 is 2.37 bits per heavy atom. The number of nitrogens with two attached hydrogens (primary N) is 2. The molecule has 0 aliphatic heterocycles. The van der Waals surface area contributed by atoms with Crippen LogP contribution in [0.5, 0.6) is 0 Å². The van der Waals surface area contributed by atoms with Crippen molar-refractivity contribution in [1.82, 2.24) is 20.8 Å². The van der Waals surface area contributed by atoms with Gasteiger partial charge in [0.2, 0.25) is 11.8 Å². The fraction of sp³-hybridized carbons (Fsp3) is 0.667. The molecule has 27 heavy (non-hydrogen) atoms. The minimum atomic E-state index is -1.40. The quantitative estimate of drug-likeness (QED) is 0.351. The molecule has 0 aromatic carbocycles. The van der Waals surface area contributed by atoms with E-state index in [9.17, 15) is 19.5 Å². The first-order valence-electron chi connectivity index (χ1n) is 8.38. The van der Waals surface area contributed by atoms with E-state index in [1.54, 1.807) is 0 Å². The van der Waals surface area contributed by atoms with E-state index in [0.717, 1.165) is 25.7 Å². The number of nitrogens with one attached hydrogen (secondary N) is 2. The fourth-order valence-corrected chi connectivity index (χ4v) is 2.50. The molecule has 12 nitrogen and oxygen atoms in total. The highest BCUT2D eigenvalue weighted by atomic mass is 16.5. The lowest BCUT2D eigenvalue weighted by Crippen LogP contribution is -2.51. The molecule has 0 spiro atoms. The summed E-state index contributed by atoms with van der Waals surface area (Å²) in [4.78, 5) is 35.9. The minimum absolute atomic E-state index is 0.0684. The molecule has 1 saturated carbocycles. The van der Waals surface area contributed by atoms with Gasteiger partial charge in [0, 0.05) is 6.92 Å². The fourth-order valence-electron chi connectivity index (χ4n) is 2.50. The zero-order chi connectivity index (χ0) is 20.6. The molecule has 0 bridgehead atoms. The van der Waals surface area contributed by atoms with Crippen molar-refractivity contribution >= 4 is 17.9 Å². The van der Waals surface area contributed by atoms with Crippen LogP contribution in [-0.4, -0.2) is 50.4 Å². The van der Waals surface area contributed by atoms with Gasteiger partial charge >= 0.3 is 12.0 Å². The van der Waals surface area contributed by atoms with E-state index in [0.29, 0.717) is 5.82 Å². The molecule has 2 rings (SSSR count). The molecule has 0 saturated heterocycles. The highest BCUT2D eigenvalue weighted by molar-refractivity contribution is 5.82. The van der Waals surface area contributed by atoms with Crippen LogP contribution in [0.3, 0.4) is 0 Å². The number of carbonyl (C=O) groups is 3. The second kappa shape index (κ2) is 9.83. The summed E-state index contributed by atoms with van der Waals surface area (Å²) in [6.45, 7) is 2.51. The molecule has 3 amide bonds. The van der Waals surface area contributed by atoms with Crippen molar-refractivity contribution in [3.8, 4) is 0 Å². The molecule has 1 heterocycles. The Kier molecular flexibility index (Phi) is 8.12. The SMILES string of the molecule is CC(N)=O.CC(O)C(NC(=O)NCc1nc(C2(N)CCCC2)no1)C(=O)O. The first kappa shape index (κ1) is 22.3. The van der Waals surface area contributed by atoms with Gasteiger partial charge in [-0.25, -0.2) is 9.59 Å². The number of urea groups is 1. The Morgan fingerprint density at radius 2 is 1.89 bits per heavy atom. The number of carboxylic acid groups (broad SMARTS) is 1. The van der Waals surface area contributed by atoms with Gasteiger partial charge in [0.05, 0.1) is 18.2 Å².